The minimum absolute atomic E-state index is 0.0247. The molecule has 4 aromatic rings. The van der Waals surface area contributed by atoms with Crippen LogP contribution in [0.2, 0.25) is 0 Å². The molecule has 0 saturated heterocycles. The molecule has 6 heterocycles. The Morgan fingerprint density at radius 1 is 0.405 bits per heavy atom. The Kier molecular flexibility index (Phi) is 27.2. The Balaban J connectivity index is 1.20. The van der Waals surface area contributed by atoms with Crippen LogP contribution in [0.15, 0.2) is 47.8 Å². The molecule has 2 amide bonds. The molecule has 4 aromatic heterocycles. The van der Waals surface area contributed by atoms with E-state index in [-0.39, 0.29) is 64.5 Å². The number of amides is 2. The van der Waals surface area contributed by atoms with E-state index < -0.39 is 0 Å². The summed E-state index contributed by atoms with van der Waals surface area (Å²) in [5.74, 6) is -0.646. The predicted octanol–water partition coefficient (Wildman–Crippen LogP) is 1.58. The highest BCUT2D eigenvalue weighted by Gasteiger charge is 2.49. The van der Waals surface area contributed by atoms with Gasteiger partial charge in [-0.15, -0.1) is 32.9 Å². The topological polar surface area (TPSA) is 253 Å². The lowest BCUT2D eigenvalue weighted by atomic mass is 10.1. The van der Waals surface area contributed by atoms with Gasteiger partial charge in [-0.2, -0.15) is 0 Å². The summed E-state index contributed by atoms with van der Waals surface area (Å²) >= 11 is 2.81. The molecule has 0 fully saturated rings. The predicted molar refractivity (Wildman–Crippen MR) is 270 cm³/mol. The minimum Gasteiger partial charge on any atom is -0.394 e. The SMILES string of the molecule is COCCOCCOCCN1C(=O)C2=C(c3ccc(-c4cn(CCOCCOCCOCCO)nn4)s3)N(CCOCCOCCOC)C(=O)C2=C1c1ccc(-c2cn(CCOCCOCCOCCO)nn2)s1. The lowest BCUT2D eigenvalue weighted by Crippen LogP contribution is -2.33. The number of fused-ring (bicyclic) bond motifs is 1. The van der Waals surface area contributed by atoms with Gasteiger partial charge in [0.05, 0.1) is 226 Å². The number of carbonyl (C=O) groups excluding carboxylic acids is 2. The van der Waals surface area contributed by atoms with Crippen LogP contribution in [0.1, 0.15) is 9.75 Å². The fourth-order valence-electron chi connectivity index (χ4n) is 7.35. The number of nitrogens with zero attached hydrogens (tertiary/aromatic N) is 8. The molecule has 0 spiro atoms. The number of aliphatic hydroxyl groups is 2. The molecule has 74 heavy (non-hydrogen) atoms. The van der Waals surface area contributed by atoms with Crippen LogP contribution in [-0.4, -0.2) is 248 Å². The third kappa shape index (κ3) is 18.4. The maximum atomic E-state index is 15.0. The maximum absolute atomic E-state index is 15.0. The van der Waals surface area contributed by atoms with Crippen molar-refractivity contribution >= 4 is 45.9 Å². The van der Waals surface area contributed by atoms with E-state index >= 15 is 9.59 Å². The van der Waals surface area contributed by atoms with E-state index in [9.17, 15) is 0 Å². The van der Waals surface area contributed by atoms with E-state index in [4.69, 9.17) is 67.1 Å². The number of methoxy groups -OCH3 is 2. The van der Waals surface area contributed by atoms with E-state index in [1.807, 2.05) is 36.7 Å². The lowest BCUT2D eigenvalue weighted by Gasteiger charge is -2.24. The molecule has 0 unspecified atom stereocenters. The molecular weight excluding hydrogens is 1010 g/mol. The third-order valence-corrected chi connectivity index (χ3v) is 13.1. The van der Waals surface area contributed by atoms with Crippen LogP contribution in [0.5, 0.6) is 0 Å². The van der Waals surface area contributed by atoms with Gasteiger partial charge in [-0.25, -0.2) is 9.36 Å². The van der Waals surface area contributed by atoms with Gasteiger partial charge in [-0.05, 0) is 24.3 Å². The highest BCUT2D eigenvalue weighted by atomic mass is 32.1. The van der Waals surface area contributed by atoms with Crippen molar-refractivity contribution in [2.45, 2.75) is 13.1 Å². The standard InChI is InChI=1S/C48H70N8O16S2/c1-61-19-21-69-29-25-65-15-9-55-45(41-5-3-39(73-41)37-35-53(51-49-37)7-13-63-23-31-71-33-27-67-17-11-57)43-44(47(55)59)46(56(48(43)60)10-16-66-26-30-70-22-20-62-2)42-6-4-40(74-42)38-36-54(52-50-38)8-14-64-24-32-72-34-28-68-18-12-58/h3-6,35-36,57-58H,7-34H2,1-2H3. The molecule has 410 valence electrons. The van der Waals surface area contributed by atoms with E-state index in [1.165, 1.54) is 22.7 Å². The Labute approximate surface area is 438 Å². The molecule has 0 aliphatic carbocycles. The number of aromatic nitrogens is 6. The first-order valence-electron chi connectivity index (χ1n) is 24.6. The van der Waals surface area contributed by atoms with Crippen molar-refractivity contribution in [3.8, 4) is 21.1 Å². The highest BCUT2D eigenvalue weighted by molar-refractivity contribution is 7.17. The molecular formula is C48H70N8O16S2. The zero-order chi connectivity index (χ0) is 52.0. The summed E-state index contributed by atoms with van der Waals surface area (Å²) in [5.41, 5.74) is 2.83. The molecule has 0 saturated carbocycles. The van der Waals surface area contributed by atoms with Gasteiger partial charge in [0.15, 0.2) is 0 Å². The largest absolute Gasteiger partial charge is 0.394 e. The van der Waals surface area contributed by atoms with Crippen LogP contribution in [0.25, 0.3) is 32.5 Å². The van der Waals surface area contributed by atoms with E-state index in [0.717, 1.165) is 9.75 Å². The smallest absolute Gasteiger partial charge is 0.261 e. The number of carbonyl (C=O) groups is 2. The van der Waals surface area contributed by atoms with Crippen molar-refractivity contribution in [1.29, 1.82) is 0 Å². The highest BCUT2D eigenvalue weighted by Crippen LogP contribution is 2.49. The maximum Gasteiger partial charge on any atom is 0.261 e. The van der Waals surface area contributed by atoms with Gasteiger partial charge in [0.25, 0.3) is 11.8 Å². The van der Waals surface area contributed by atoms with Crippen LogP contribution < -0.4 is 0 Å². The zero-order valence-electron chi connectivity index (χ0n) is 42.3. The van der Waals surface area contributed by atoms with Gasteiger partial charge in [0.1, 0.15) is 11.4 Å². The summed E-state index contributed by atoms with van der Waals surface area (Å²) in [6.07, 6.45) is 3.67. The second-order valence-electron chi connectivity index (χ2n) is 16.0. The van der Waals surface area contributed by atoms with Crippen molar-refractivity contribution in [2.24, 2.45) is 0 Å². The van der Waals surface area contributed by atoms with Gasteiger partial charge >= 0.3 is 0 Å². The first kappa shape index (κ1) is 58.8. The van der Waals surface area contributed by atoms with E-state index in [2.05, 4.69) is 20.6 Å². The number of hydrogen-bond donors (Lipinski definition) is 2. The molecule has 2 aliphatic heterocycles. The van der Waals surface area contributed by atoms with Gasteiger partial charge in [0, 0.05) is 27.3 Å². The normalized spacial score (nSPS) is 13.8. The molecule has 0 bridgehead atoms. The Hall–Kier alpha value is -4.46. The molecule has 6 rings (SSSR count). The number of rotatable bonds is 44. The van der Waals surface area contributed by atoms with Gasteiger partial charge < -0.3 is 76.9 Å². The average molecular weight is 1080 g/mol. The monoisotopic (exact) mass is 1080 g/mol. The quantitative estimate of drug-likeness (QED) is 0.0597. The second kappa shape index (κ2) is 34.3. The van der Waals surface area contributed by atoms with E-state index in [0.29, 0.717) is 176 Å². The van der Waals surface area contributed by atoms with Crippen molar-refractivity contribution in [1.82, 2.24) is 39.8 Å². The van der Waals surface area contributed by atoms with Crippen molar-refractivity contribution in [2.75, 3.05) is 186 Å². The fourth-order valence-corrected chi connectivity index (χ4v) is 9.38. The van der Waals surface area contributed by atoms with Crippen LogP contribution in [0, 0.1) is 0 Å². The van der Waals surface area contributed by atoms with Crippen molar-refractivity contribution in [3.05, 3.63) is 57.6 Å². The third-order valence-electron chi connectivity index (χ3n) is 10.9. The van der Waals surface area contributed by atoms with Crippen LogP contribution >= 0.6 is 22.7 Å². The first-order valence-corrected chi connectivity index (χ1v) is 26.2. The molecule has 0 atom stereocenters. The zero-order valence-corrected chi connectivity index (χ0v) is 43.9. The van der Waals surface area contributed by atoms with Crippen LogP contribution in [-0.2, 0) is 79.5 Å². The van der Waals surface area contributed by atoms with Crippen LogP contribution in [0.4, 0.5) is 0 Å². The summed E-state index contributed by atoms with van der Waals surface area (Å²) in [4.78, 5) is 36.3. The van der Waals surface area contributed by atoms with Gasteiger partial charge in [0.2, 0.25) is 0 Å². The van der Waals surface area contributed by atoms with Gasteiger partial charge in [-0.3, -0.25) is 9.59 Å². The summed E-state index contributed by atoms with van der Waals surface area (Å²) in [5, 5.41) is 35.1. The van der Waals surface area contributed by atoms with Crippen molar-refractivity contribution in [3.63, 3.8) is 0 Å². The van der Waals surface area contributed by atoms with Crippen molar-refractivity contribution < 1.29 is 76.6 Å². The molecule has 2 aliphatic rings. The molecule has 2 N–H and O–H groups in total. The molecule has 26 heteroatoms. The molecule has 24 nitrogen and oxygen atoms in total. The average Bonchev–Trinajstić information content (AvgIpc) is 4.29. The number of thiophene rings is 2. The summed E-state index contributed by atoms with van der Waals surface area (Å²) in [6, 6.07) is 7.63. The van der Waals surface area contributed by atoms with E-state index in [1.54, 1.807) is 33.4 Å². The Morgan fingerprint density at radius 3 is 1.04 bits per heavy atom. The number of ether oxygens (including phenoxy) is 12. The number of hydrogen-bond acceptors (Lipinski definition) is 22. The molecule has 0 aromatic carbocycles. The summed E-state index contributed by atoms with van der Waals surface area (Å²) < 4.78 is 69.4. The lowest BCUT2D eigenvalue weighted by molar-refractivity contribution is -0.124. The Morgan fingerprint density at radius 2 is 0.703 bits per heavy atom. The Bertz CT molecular complexity index is 2150. The van der Waals surface area contributed by atoms with Crippen LogP contribution in [0.3, 0.4) is 0 Å². The van der Waals surface area contributed by atoms with Gasteiger partial charge in [-0.1, -0.05) is 10.4 Å². The minimum atomic E-state index is -0.323. The molecule has 0 radical (unpaired) electrons. The fraction of sp³-hybridized carbons (Fsp3) is 0.625. The summed E-state index contributed by atoms with van der Waals surface area (Å²) in [6.45, 7) is 9.35. The number of aliphatic hydroxyl groups excluding tert-OH is 2. The second-order valence-corrected chi connectivity index (χ2v) is 18.1. The first-order chi connectivity index (χ1) is 36.5. The summed E-state index contributed by atoms with van der Waals surface area (Å²) in [7, 11) is 3.22.